The van der Waals surface area contributed by atoms with E-state index in [0.29, 0.717) is 5.69 Å². The number of aromatic hydroxyl groups is 1. The molecular weight excluding hydrogens is 130 g/mol. The van der Waals surface area contributed by atoms with E-state index in [4.69, 9.17) is 10.6 Å². The molecule has 49 valence electrons. The van der Waals surface area contributed by atoms with E-state index in [1.807, 2.05) is 0 Å². The molecule has 0 aliphatic carbocycles. The van der Waals surface area contributed by atoms with E-state index in [-0.39, 0.29) is 5.75 Å². The van der Waals surface area contributed by atoms with Crippen LogP contribution in [0, 0.1) is 6.07 Å². The van der Waals surface area contributed by atoms with Crippen molar-refractivity contribution in [2.75, 3.05) is 0 Å². The molecule has 1 radical (unpaired) electrons. The largest absolute Gasteiger partial charge is 0.507 e. The lowest BCUT2D eigenvalue weighted by molar-refractivity contribution is 0.474. The average molecular weight is 134 g/mol. The number of hydrogen-bond donors (Lipinski definition) is 1. The topological polar surface area (TPSA) is 69.0 Å². The zero-order valence-electron chi connectivity index (χ0n) is 5.02. The van der Waals surface area contributed by atoms with E-state index >= 15 is 0 Å². The molecule has 0 saturated heterocycles. The summed E-state index contributed by atoms with van der Waals surface area (Å²) in [7, 11) is 0. The maximum Gasteiger partial charge on any atom is 0.124 e. The quantitative estimate of drug-likeness (QED) is 0.356. The van der Waals surface area contributed by atoms with E-state index in [2.05, 4.69) is 16.1 Å². The number of azide groups is 1. The van der Waals surface area contributed by atoms with E-state index in [0.717, 1.165) is 0 Å². The third kappa shape index (κ3) is 1.40. The normalized spacial score (nSPS) is 8.40. The van der Waals surface area contributed by atoms with Gasteiger partial charge in [-0.2, -0.15) is 0 Å². The fourth-order valence-electron chi connectivity index (χ4n) is 0.556. The van der Waals surface area contributed by atoms with Gasteiger partial charge >= 0.3 is 0 Å². The molecule has 4 nitrogen and oxygen atoms in total. The first-order valence-electron chi connectivity index (χ1n) is 2.59. The van der Waals surface area contributed by atoms with E-state index in [9.17, 15) is 0 Å². The molecule has 0 aromatic heterocycles. The minimum atomic E-state index is -0.0232. The lowest BCUT2D eigenvalue weighted by Crippen LogP contribution is -1.62. The molecule has 1 N–H and O–H groups in total. The minimum absolute atomic E-state index is 0.0232. The molecule has 0 heterocycles. The van der Waals surface area contributed by atoms with Gasteiger partial charge in [-0.3, -0.25) is 0 Å². The summed E-state index contributed by atoms with van der Waals surface area (Å²) in [6.45, 7) is 0. The summed E-state index contributed by atoms with van der Waals surface area (Å²) in [6.07, 6.45) is 0. The molecule has 0 saturated carbocycles. The SMILES string of the molecule is [N-]=[N+]=Nc1cc[c]c(O)c1. The van der Waals surface area contributed by atoms with Gasteiger partial charge in [-0.1, -0.05) is 17.2 Å². The summed E-state index contributed by atoms with van der Waals surface area (Å²) >= 11 is 0. The Hall–Kier alpha value is -1.67. The lowest BCUT2D eigenvalue weighted by atomic mass is 10.3. The lowest BCUT2D eigenvalue weighted by Gasteiger charge is -1.89. The van der Waals surface area contributed by atoms with Gasteiger partial charge in [-0.15, -0.1) is 0 Å². The molecule has 0 bridgehead atoms. The van der Waals surface area contributed by atoms with Crippen molar-refractivity contribution in [2.24, 2.45) is 5.11 Å². The van der Waals surface area contributed by atoms with Crippen LogP contribution in [-0.2, 0) is 0 Å². The van der Waals surface area contributed by atoms with Crippen LogP contribution >= 0.6 is 0 Å². The summed E-state index contributed by atoms with van der Waals surface area (Å²) in [5.74, 6) is -0.0232. The average Bonchev–Trinajstić information content (AvgIpc) is 1.88. The summed E-state index contributed by atoms with van der Waals surface area (Å²) in [5.41, 5.74) is 8.36. The van der Waals surface area contributed by atoms with Gasteiger partial charge in [0.1, 0.15) is 5.75 Å². The summed E-state index contributed by atoms with van der Waals surface area (Å²) in [4.78, 5) is 2.55. The number of rotatable bonds is 1. The second-order valence-electron chi connectivity index (χ2n) is 1.62. The van der Waals surface area contributed by atoms with Crippen molar-refractivity contribution in [3.8, 4) is 5.75 Å². The second kappa shape index (κ2) is 2.75. The predicted octanol–water partition coefficient (Wildman–Crippen LogP) is 2.13. The third-order valence-corrected chi connectivity index (χ3v) is 0.930. The Morgan fingerprint density at radius 1 is 1.70 bits per heavy atom. The van der Waals surface area contributed by atoms with Crippen LogP contribution in [0.4, 0.5) is 5.69 Å². The molecule has 0 unspecified atom stereocenters. The van der Waals surface area contributed by atoms with Crippen LogP contribution in [0.25, 0.3) is 10.4 Å². The summed E-state index contributed by atoms with van der Waals surface area (Å²) < 4.78 is 0. The van der Waals surface area contributed by atoms with Crippen LogP contribution in [0.5, 0.6) is 5.75 Å². The zero-order chi connectivity index (χ0) is 7.40. The van der Waals surface area contributed by atoms with Crippen molar-refractivity contribution in [3.05, 3.63) is 34.7 Å². The third-order valence-electron chi connectivity index (χ3n) is 0.930. The standard InChI is InChI=1S/C6H4N3O/c7-9-8-5-2-1-3-6(10)4-5/h1-2,4,10H. The van der Waals surface area contributed by atoms with Gasteiger partial charge in [0.15, 0.2) is 0 Å². The van der Waals surface area contributed by atoms with Crippen molar-refractivity contribution in [3.63, 3.8) is 0 Å². The van der Waals surface area contributed by atoms with Gasteiger partial charge in [-0.25, -0.2) is 0 Å². The highest BCUT2D eigenvalue weighted by molar-refractivity contribution is 5.41. The van der Waals surface area contributed by atoms with Gasteiger partial charge in [0.2, 0.25) is 0 Å². The van der Waals surface area contributed by atoms with Crippen molar-refractivity contribution < 1.29 is 5.11 Å². The van der Waals surface area contributed by atoms with Crippen LogP contribution in [-0.4, -0.2) is 5.11 Å². The monoisotopic (exact) mass is 134 g/mol. The van der Waals surface area contributed by atoms with Crippen LogP contribution in [0.1, 0.15) is 0 Å². The first kappa shape index (κ1) is 6.45. The fraction of sp³-hybridized carbons (Fsp3) is 0. The summed E-state index contributed by atoms with van der Waals surface area (Å²) in [6, 6.07) is 6.88. The maximum absolute atomic E-state index is 8.80. The van der Waals surface area contributed by atoms with Crippen molar-refractivity contribution in [1.82, 2.24) is 0 Å². The Balaban J connectivity index is 3.06. The molecule has 0 atom stereocenters. The molecule has 1 aromatic rings. The molecule has 1 rings (SSSR count). The Kier molecular flexibility index (Phi) is 1.78. The number of nitrogens with zero attached hydrogens (tertiary/aromatic N) is 3. The number of benzene rings is 1. The molecule has 10 heavy (non-hydrogen) atoms. The highest BCUT2D eigenvalue weighted by Gasteiger charge is 1.88. The van der Waals surface area contributed by atoms with Gasteiger partial charge in [0, 0.05) is 16.7 Å². The Bertz CT molecular complexity index is 278. The molecule has 0 spiro atoms. The van der Waals surface area contributed by atoms with Crippen molar-refractivity contribution in [2.45, 2.75) is 0 Å². The first-order valence-corrected chi connectivity index (χ1v) is 2.59. The van der Waals surface area contributed by atoms with Gasteiger partial charge in [-0.05, 0) is 11.6 Å². The number of phenols is 1. The fourth-order valence-corrected chi connectivity index (χ4v) is 0.556. The van der Waals surface area contributed by atoms with Gasteiger partial charge in [0.25, 0.3) is 0 Å². The Morgan fingerprint density at radius 2 is 2.50 bits per heavy atom. The molecule has 0 aliphatic heterocycles. The molecule has 0 aliphatic rings. The number of hydrogen-bond acceptors (Lipinski definition) is 2. The predicted molar refractivity (Wildman–Crippen MR) is 35.7 cm³/mol. The Labute approximate surface area is 57.4 Å². The second-order valence-corrected chi connectivity index (χ2v) is 1.62. The number of phenolic OH excluding ortho intramolecular Hbond substituents is 1. The molecule has 0 amide bonds. The summed E-state index contributed by atoms with van der Waals surface area (Å²) in [5, 5.41) is 12.1. The van der Waals surface area contributed by atoms with E-state index < -0.39 is 0 Å². The van der Waals surface area contributed by atoms with Crippen LogP contribution in [0.2, 0.25) is 0 Å². The molecule has 0 fully saturated rings. The maximum atomic E-state index is 8.80. The van der Waals surface area contributed by atoms with Gasteiger partial charge in [0.05, 0.1) is 0 Å². The molecular formula is C6H4N3O. The zero-order valence-corrected chi connectivity index (χ0v) is 5.02. The minimum Gasteiger partial charge on any atom is -0.507 e. The molecule has 4 heteroatoms. The van der Waals surface area contributed by atoms with Gasteiger partial charge < -0.3 is 5.11 Å². The van der Waals surface area contributed by atoms with E-state index in [1.165, 1.54) is 12.1 Å². The highest BCUT2D eigenvalue weighted by Crippen LogP contribution is 2.17. The van der Waals surface area contributed by atoms with Crippen LogP contribution in [0.3, 0.4) is 0 Å². The van der Waals surface area contributed by atoms with Crippen LogP contribution in [0.15, 0.2) is 23.3 Å². The molecule has 1 aromatic carbocycles. The van der Waals surface area contributed by atoms with Crippen molar-refractivity contribution >= 4 is 5.69 Å². The van der Waals surface area contributed by atoms with Crippen LogP contribution < -0.4 is 0 Å². The smallest absolute Gasteiger partial charge is 0.124 e. The highest BCUT2D eigenvalue weighted by atomic mass is 16.3. The van der Waals surface area contributed by atoms with Crippen molar-refractivity contribution in [1.29, 1.82) is 0 Å². The first-order chi connectivity index (χ1) is 4.83. The Morgan fingerprint density at radius 3 is 3.10 bits per heavy atom. The van der Waals surface area contributed by atoms with E-state index in [1.54, 1.807) is 6.07 Å².